The van der Waals surface area contributed by atoms with Gasteiger partial charge in [0, 0.05) is 6.42 Å². The van der Waals surface area contributed by atoms with Crippen molar-refractivity contribution < 1.29 is 19.0 Å². The average Bonchev–Trinajstić information content (AvgIpc) is 2.58. The molecule has 0 spiro atoms. The molecule has 0 saturated heterocycles. The van der Waals surface area contributed by atoms with Gasteiger partial charge in [-0.3, -0.25) is 0 Å². The second kappa shape index (κ2) is 3.01. The van der Waals surface area contributed by atoms with Crippen molar-refractivity contribution in [2.45, 2.75) is 6.42 Å². The number of benzene rings is 1. The van der Waals surface area contributed by atoms with Crippen LogP contribution in [0.15, 0.2) is 6.07 Å². The molecule has 0 atom stereocenters. The van der Waals surface area contributed by atoms with Gasteiger partial charge in [-0.05, 0) is 17.1 Å². The average molecular weight is 192 g/mol. The van der Waals surface area contributed by atoms with Crippen molar-refractivity contribution in [3.63, 3.8) is 0 Å². The predicted molar refractivity (Wildman–Crippen MR) is 47.9 cm³/mol. The highest BCUT2D eigenvalue weighted by Gasteiger charge is 2.22. The molecule has 1 N–H and O–H groups in total. The summed E-state index contributed by atoms with van der Waals surface area (Å²) in [6.07, 6.45) is 0.570. The minimum absolute atomic E-state index is 0.211. The Morgan fingerprint density at radius 3 is 3.00 bits per heavy atom. The number of halogens is 1. The van der Waals surface area contributed by atoms with Gasteiger partial charge >= 0.3 is 5.97 Å². The van der Waals surface area contributed by atoms with Crippen molar-refractivity contribution in [1.82, 2.24) is 0 Å². The molecule has 1 aliphatic heterocycles. The molecule has 2 rings (SSSR count). The summed E-state index contributed by atoms with van der Waals surface area (Å²) in [5.41, 5.74) is 0.0467. The molecule has 3 nitrogen and oxygen atoms in total. The molecule has 0 aliphatic carbocycles. The summed E-state index contributed by atoms with van der Waals surface area (Å²) in [7, 11) is 5.41. The van der Waals surface area contributed by atoms with Crippen LogP contribution < -0.4 is 10.2 Å². The molecule has 0 bridgehead atoms. The fraction of sp³-hybridized carbons (Fsp3) is 0.222. The maximum absolute atomic E-state index is 13.3. The minimum Gasteiger partial charge on any atom is -0.493 e. The first-order chi connectivity index (χ1) is 6.61. The third-order valence-corrected chi connectivity index (χ3v) is 2.18. The predicted octanol–water partition coefficient (Wildman–Crippen LogP) is 0.253. The first-order valence-corrected chi connectivity index (χ1v) is 4.08. The summed E-state index contributed by atoms with van der Waals surface area (Å²) < 4.78 is 18.4. The molecule has 5 heteroatoms. The lowest BCUT2D eigenvalue weighted by Crippen LogP contribution is -2.17. The molecule has 70 valence electrons. The number of ether oxygens (including phenoxy) is 1. The maximum atomic E-state index is 13.3. The lowest BCUT2D eigenvalue weighted by molar-refractivity contribution is 0.0692. The second-order valence-electron chi connectivity index (χ2n) is 3.04. The van der Waals surface area contributed by atoms with E-state index < -0.39 is 17.3 Å². The molecule has 1 aromatic rings. The first-order valence-electron chi connectivity index (χ1n) is 4.08. The quantitative estimate of drug-likeness (QED) is 0.648. The van der Waals surface area contributed by atoms with Gasteiger partial charge in [-0.15, -0.1) is 0 Å². The van der Waals surface area contributed by atoms with Crippen LogP contribution in [0.5, 0.6) is 5.75 Å². The number of carbonyl (C=O) groups is 1. The Kier molecular flexibility index (Phi) is 1.95. The highest BCUT2D eigenvalue weighted by atomic mass is 19.1. The van der Waals surface area contributed by atoms with Crippen LogP contribution >= 0.6 is 0 Å². The van der Waals surface area contributed by atoms with Crippen molar-refractivity contribution in [3.05, 3.63) is 23.0 Å². The third-order valence-electron chi connectivity index (χ3n) is 2.18. The van der Waals surface area contributed by atoms with Gasteiger partial charge in [0.05, 0.1) is 12.2 Å². The Morgan fingerprint density at radius 2 is 2.36 bits per heavy atom. The molecule has 0 amide bonds. The summed E-state index contributed by atoms with van der Waals surface area (Å²) in [4.78, 5) is 10.6. The Morgan fingerprint density at radius 1 is 1.64 bits per heavy atom. The smallest absolute Gasteiger partial charge is 0.338 e. The van der Waals surface area contributed by atoms with Gasteiger partial charge in [0.15, 0.2) is 0 Å². The van der Waals surface area contributed by atoms with Crippen LogP contribution in [0.25, 0.3) is 0 Å². The number of fused-ring (bicyclic) bond motifs is 1. The van der Waals surface area contributed by atoms with Crippen molar-refractivity contribution in [1.29, 1.82) is 0 Å². The van der Waals surface area contributed by atoms with E-state index in [2.05, 4.69) is 0 Å². The fourth-order valence-corrected chi connectivity index (χ4v) is 1.50. The standard InChI is InChI=1S/C9H6BFO3/c10-6-7(11)5(9(12)13)3-4-1-2-14-8(4)6/h3H,1-2H2,(H,12,13). The Balaban J connectivity index is 2.67. The van der Waals surface area contributed by atoms with E-state index in [9.17, 15) is 9.18 Å². The number of hydrogen-bond donors (Lipinski definition) is 1. The second-order valence-corrected chi connectivity index (χ2v) is 3.04. The molecule has 0 saturated carbocycles. The van der Waals surface area contributed by atoms with Crippen LogP contribution in [-0.2, 0) is 6.42 Å². The fourth-order valence-electron chi connectivity index (χ4n) is 1.50. The third kappa shape index (κ3) is 1.16. The molecular formula is C9H6BFO3. The van der Waals surface area contributed by atoms with Gasteiger partial charge in [0.25, 0.3) is 0 Å². The number of carboxylic acids is 1. The summed E-state index contributed by atoms with van der Waals surface area (Å²) in [5.74, 6) is -1.95. The van der Waals surface area contributed by atoms with E-state index in [0.29, 0.717) is 18.6 Å². The highest BCUT2D eigenvalue weighted by molar-refractivity contribution is 6.35. The zero-order valence-electron chi connectivity index (χ0n) is 7.21. The van der Waals surface area contributed by atoms with Crippen LogP contribution in [0.4, 0.5) is 4.39 Å². The first kappa shape index (κ1) is 9.06. The van der Waals surface area contributed by atoms with Crippen molar-refractivity contribution >= 4 is 19.3 Å². The molecule has 0 fully saturated rings. The largest absolute Gasteiger partial charge is 0.493 e. The Hall–Kier alpha value is -1.52. The van der Waals surface area contributed by atoms with Gasteiger partial charge < -0.3 is 9.84 Å². The molecule has 1 aliphatic rings. The van der Waals surface area contributed by atoms with E-state index in [1.165, 1.54) is 6.07 Å². The molecule has 0 aromatic heterocycles. The Bertz CT molecular complexity index is 417. The van der Waals surface area contributed by atoms with Crippen LogP contribution in [0.3, 0.4) is 0 Å². The van der Waals surface area contributed by atoms with Gasteiger partial charge in [-0.1, -0.05) is 0 Å². The van der Waals surface area contributed by atoms with Crippen LogP contribution in [0.1, 0.15) is 15.9 Å². The summed E-state index contributed by atoms with van der Waals surface area (Å²) >= 11 is 0. The normalized spacial score (nSPS) is 13.5. The lowest BCUT2D eigenvalue weighted by Gasteiger charge is -2.07. The van der Waals surface area contributed by atoms with Crippen molar-refractivity contribution in [3.8, 4) is 5.75 Å². The Labute approximate surface area is 80.9 Å². The molecule has 1 heterocycles. The van der Waals surface area contributed by atoms with E-state index in [-0.39, 0.29) is 11.2 Å². The zero-order chi connectivity index (χ0) is 10.3. The summed E-state index contributed by atoms with van der Waals surface area (Å²) in [6.45, 7) is 0.419. The molecule has 14 heavy (non-hydrogen) atoms. The summed E-state index contributed by atoms with van der Waals surface area (Å²) in [6, 6.07) is 1.27. The van der Waals surface area contributed by atoms with Crippen LogP contribution in [0.2, 0.25) is 0 Å². The van der Waals surface area contributed by atoms with E-state index in [1.807, 2.05) is 0 Å². The topological polar surface area (TPSA) is 46.5 Å². The lowest BCUT2D eigenvalue weighted by atomic mass is 9.89. The number of hydrogen-bond acceptors (Lipinski definition) is 2. The van der Waals surface area contributed by atoms with Gasteiger partial charge in [0.2, 0.25) is 0 Å². The minimum atomic E-state index is -1.32. The maximum Gasteiger partial charge on any atom is 0.338 e. The molecule has 1 aromatic carbocycles. The SMILES string of the molecule is [B]c1c(F)c(C(=O)O)cc2c1OCC2. The highest BCUT2D eigenvalue weighted by Crippen LogP contribution is 2.25. The number of carboxylic acid groups (broad SMARTS) is 1. The van der Waals surface area contributed by atoms with E-state index in [1.54, 1.807) is 0 Å². The zero-order valence-corrected chi connectivity index (χ0v) is 7.21. The van der Waals surface area contributed by atoms with Crippen molar-refractivity contribution in [2.24, 2.45) is 0 Å². The monoisotopic (exact) mass is 192 g/mol. The van der Waals surface area contributed by atoms with Gasteiger partial charge in [-0.25, -0.2) is 9.18 Å². The summed E-state index contributed by atoms with van der Waals surface area (Å²) in [5, 5.41) is 8.68. The van der Waals surface area contributed by atoms with E-state index in [0.717, 1.165) is 0 Å². The van der Waals surface area contributed by atoms with Crippen molar-refractivity contribution in [2.75, 3.05) is 6.61 Å². The van der Waals surface area contributed by atoms with Crippen LogP contribution in [0, 0.1) is 5.82 Å². The number of aromatic carboxylic acids is 1. The molecule has 2 radical (unpaired) electrons. The van der Waals surface area contributed by atoms with Gasteiger partial charge in [0.1, 0.15) is 19.4 Å². The van der Waals surface area contributed by atoms with E-state index in [4.69, 9.17) is 17.7 Å². The number of rotatable bonds is 1. The molecule has 0 unspecified atom stereocenters. The van der Waals surface area contributed by atoms with Crippen LogP contribution in [-0.4, -0.2) is 25.5 Å². The van der Waals surface area contributed by atoms with Gasteiger partial charge in [-0.2, -0.15) is 0 Å². The van der Waals surface area contributed by atoms with E-state index >= 15 is 0 Å². The molecular weight excluding hydrogens is 186 g/mol.